The second kappa shape index (κ2) is 4.43. The lowest BCUT2D eigenvalue weighted by Gasteiger charge is -1.97. The molecular formula is C8H7ClN4S. The fourth-order valence-corrected chi connectivity index (χ4v) is 1.80. The highest BCUT2D eigenvalue weighted by Crippen LogP contribution is 2.18. The molecule has 14 heavy (non-hydrogen) atoms. The van der Waals surface area contributed by atoms with Crippen molar-refractivity contribution in [3.63, 3.8) is 0 Å². The Labute approximate surface area is 90.1 Å². The molecule has 2 aromatic rings. The second-order valence-electron chi connectivity index (χ2n) is 2.54. The number of aromatic nitrogens is 4. The molecule has 72 valence electrons. The summed E-state index contributed by atoms with van der Waals surface area (Å²) >= 11 is 7.36. The average molecular weight is 227 g/mol. The summed E-state index contributed by atoms with van der Waals surface area (Å²) in [5.74, 6) is 0.732. The van der Waals surface area contributed by atoms with E-state index >= 15 is 0 Å². The van der Waals surface area contributed by atoms with Gasteiger partial charge in [-0.25, -0.2) is 4.98 Å². The van der Waals surface area contributed by atoms with E-state index in [1.807, 2.05) is 6.07 Å². The van der Waals surface area contributed by atoms with Crippen LogP contribution < -0.4 is 0 Å². The van der Waals surface area contributed by atoms with Gasteiger partial charge in [0.2, 0.25) is 0 Å². The Morgan fingerprint density at radius 1 is 1.43 bits per heavy atom. The first kappa shape index (κ1) is 9.48. The molecule has 0 saturated carbocycles. The summed E-state index contributed by atoms with van der Waals surface area (Å²) in [6, 6.07) is 3.59. The van der Waals surface area contributed by atoms with Crippen LogP contribution in [0.2, 0.25) is 5.02 Å². The molecule has 0 saturated heterocycles. The molecule has 0 fully saturated rings. The summed E-state index contributed by atoms with van der Waals surface area (Å²) in [6.07, 6.45) is 3.17. The highest BCUT2D eigenvalue weighted by atomic mass is 35.5. The first-order valence-electron chi connectivity index (χ1n) is 3.93. The number of nitrogens with zero attached hydrogens (tertiary/aromatic N) is 3. The van der Waals surface area contributed by atoms with Crippen molar-refractivity contribution in [2.24, 2.45) is 0 Å². The van der Waals surface area contributed by atoms with Crippen LogP contribution in [-0.2, 0) is 5.75 Å². The largest absolute Gasteiger partial charge is 0.260 e. The van der Waals surface area contributed by atoms with Crippen LogP contribution in [-0.4, -0.2) is 20.2 Å². The van der Waals surface area contributed by atoms with Gasteiger partial charge in [0.1, 0.15) is 6.33 Å². The maximum atomic E-state index is 5.82. The highest BCUT2D eigenvalue weighted by molar-refractivity contribution is 7.98. The third-order valence-corrected chi connectivity index (χ3v) is 2.67. The molecule has 0 atom stereocenters. The van der Waals surface area contributed by atoms with Gasteiger partial charge < -0.3 is 0 Å². The molecule has 2 rings (SSSR count). The minimum atomic E-state index is 0.702. The van der Waals surface area contributed by atoms with E-state index in [0.29, 0.717) is 5.02 Å². The van der Waals surface area contributed by atoms with Crippen LogP contribution >= 0.6 is 23.4 Å². The number of thioether (sulfide) groups is 1. The Kier molecular flexibility index (Phi) is 3.00. The molecule has 0 aliphatic heterocycles. The van der Waals surface area contributed by atoms with E-state index < -0.39 is 0 Å². The van der Waals surface area contributed by atoms with E-state index in [9.17, 15) is 0 Å². The number of H-pyrrole nitrogens is 1. The van der Waals surface area contributed by atoms with E-state index in [1.165, 1.54) is 18.1 Å². The fourth-order valence-electron chi connectivity index (χ4n) is 0.934. The van der Waals surface area contributed by atoms with Crippen molar-refractivity contribution in [2.75, 3.05) is 0 Å². The molecule has 0 aliphatic carbocycles. The number of rotatable bonds is 3. The minimum absolute atomic E-state index is 0.702. The van der Waals surface area contributed by atoms with Crippen LogP contribution in [0.1, 0.15) is 5.69 Å². The molecule has 0 bridgehead atoms. The van der Waals surface area contributed by atoms with Crippen LogP contribution in [0.3, 0.4) is 0 Å². The van der Waals surface area contributed by atoms with Crippen LogP contribution in [0.4, 0.5) is 0 Å². The molecule has 0 aromatic carbocycles. The zero-order valence-corrected chi connectivity index (χ0v) is 8.72. The highest BCUT2D eigenvalue weighted by Gasteiger charge is 1.99. The molecule has 0 radical (unpaired) electrons. The quantitative estimate of drug-likeness (QED) is 0.815. The minimum Gasteiger partial charge on any atom is -0.260 e. The summed E-state index contributed by atoms with van der Waals surface area (Å²) in [4.78, 5) is 8.16. The van der Waals surface area contributed by atoms with Gasteiger partial charge in [0, 0.05) is 17.0 Å². The van der Waals surface area contributed by atoms with Crippen LogP contribution in [0.15, 0.2) is 29.8 Å². The number of aromatic amines is 1. The number of nitrogens with one attached hydrogen (secondary N) is 1. The molecule has 1 N–H and O–H groups in total. The van der Waals surface area contributed by atoms with Crippen molar-refractivity contribution in [3.8, 4) is 0 Å². The molecule has 6 heteroatoms. The number of pyridine rings is 1. The lowest BCUT2D eigenvalue weighted by Crippen LogP contribution is -1.86. The van der Waals surface area contributed by atoms with Crippen LogP contribution in [0.25, 0.3) is 0 Å². The van der Waals surface area contributed by atoms with Gasteiger partial charge in [-0.3, -0.25) is 10.1 Å². The Morgan fingerprint density at radius 2 is 2.36 bits per heavy atom. The van der Waals surface area contributed by atoms with Crippen molar-refractivity contribution < 1.29 is 0 Å². The molecular weight excluding hydrogens is 220 g/mol. The van der Waals surface area contributed by atoms with Gasteiger partial charge in [0.15, 0.2) is 5.16 Å². The predicted molar refractivity (Wildman–Crippen MR) is 55.2 cm³/mol. The predicted octanol–water partition coefficient (Wildman–Crippen LogP) is 2.15. The molecule has 0 unspecified atom stereocenters. The van der Waals surface area contributed by atoms with E-state index in [-0.39, 0.29) is 0 Å². The van der Waals surface area contributed by atoms with E-state index in [1.54, 1.807) is 12.3 Å². The Hall–Kier alpha value is -1.07. The Balaban J connectivity index is 1.98. The third kappa shape index (κ3) is 2.46. The van der Waals surface area contributed by atoms with Gasteiger partial charge in [-0.15, -0.1) is 0 Å². The van der Waals surface area contributed by atoms with Crippen molar-refractivity contribution in [1.29, 1.82) is 0 Å². The normalized spacial score (nSPS) is 10.4. The second-order valence-corrected chi connectivity index (χ2v) is 3.95. The molecule has 0 spiro atoms. The lowest BCUT2D eigenvalue weighted by molar-refractivity contribution is 0.971. The smallest absolute Gasteiger partial charge is 0.183 e. The first-order valence-corrected chi connectivity index (χ1v) is 5.29. The summed E-state index contributed by atoms with van der Waals surface area (Å²) in [6.45, 7) is 0. The van der Waals surface area contributed by atoms with Crippen LogP contribution in [0.5, 0.6) is 0 Å². The van der Waals surface area contributed by atoms with Crippen LogP contribution in [0, 0.1) is 0 Å². The Morgan fingerprint density at radius 3 is 3.07 bits per heavy atom. The maximum absolute atomic E-state index is 5.82. The Bertz CT molecular complexity index is 403. The van der Waals surface area contributed by atoms with Gasteiger partial charge in [0.25, 0.3) is 0 Å². The van der Waals surface area contributed by atoms with Crippen molar-refractivity contribution >= 4 is 23.4 Å². The topological polar surface area (TPSA) is 54.5 Å². The summed E-state index contributed by atoms with van der Waals surface area (Å²) in [7, 11) is 0. The molecule has 0 amide bonds. The van der Waals surface area contributed by atoms with E-state index in [0.717, 1.165) is 16.6 Å². The van der Waals surface area contributed by atoms with Crippen molar-refractivity contribution in [3.05, 3.63) is 35.4 Å². The lowest BCUT2D eigenvalue weighted by atomic mass is 10.4. The third-order valence-electron chi connectivity index (χ3n) is 1.53. The van der Waals surface area contributed by atoms with Gasteiger partial charge in [0.05, 0.1) is 5.69 Å². The van der Waals surface area contributed by atoms with Gasteiger partial charge in [-0.05, 0) is 12.1 Å². The standard InChI is InChI=1S/C8H7ClN4S/c9-6-1-2-10-7(3-6)4-14-8-11-5-12-13-8/h1-3,5H,4H2,(H,11,12,13). The summed E-state index contributed by atoms with van der Waals surface area (Å²) < 4.78 is 0. The molecule has 0 aliphatic rings. The fraction of sp³-hybridized carbons (Fsp3) is 0.125. The number of hydrogen-bond donors (Lipinski definition) is 1. The zero-order valence-electron chi connectivity index (χ0n) is 7.14. The zero-order chi connectivity index (χ0) is 9.80. The number of hydrogen-bond acceptors (Lipinski definition) is 4. The van der Waals surface area contributed by atoms with Gasteiger partial charge in [-0.2, -0.15) is 5.10 Å². The molecule has 2 aromatic heterocycles. The first-order chi connectivity index (χ1) is 6.84. The molecule has 2 heterocycles. The summed E-state index contributed by atoms with van der Waals surface area (Å²) in [5, 5.41) is 8.00. The SMILES string of the molecule is Clc1ccnc(CSc2ncn[nH]2)c1. The molecule has 4 nitrogen and oxygen atoms in total. The van der Waals surface area contributed by atoms with Gasteiger partial charge in [-0.1, -0.05) is 23.4 Å². The van der Waals surface area contributed by atoms with Crippen molar-refractivity contribution in [1.82, 2.24) is 20.2 Å². The maximum Gasteiger partial charge on any atom is 0.183 e. The van der Waals surface area contributed by atoms with Gasteiger partial charge >= 0.3 is 0 Å². The van der Waals surface area contributed by atoms with E-state index in [2.05, 4.69) is 20.2 Å². The van der Waals surface area contributed by atoms with Crippen molar-refractivity contribution in [2.45, 2.75) is 10.9 Å². The monoisotopic (exact) mass is 226 g/mol. The summed E-state index contributed by atoms with van der Waals surface area (Å²) in [5.41, 5.74) is 0.930. The van der Waals surface area contributed by atoms with E-state index in [4.69, 9.17) is 11.6 Å². The average Bonchev–Trinajstić information content (AvgIpc) is 2.67. The number of halogens is 1.